The number of amides is 1. The van der Waals surface area contributed by atoms with E-state index < -0.39 is 24.2 Å². The zero-order valence-corrected chi connectivity index (χ0v) is 17.3. The van der Waals surface area contributed by atoms with Crippen LogP contribution in [0.5, 0.6) is 0 Å². The number of aliphatic hydroxyl groups is 2. The van der Waals surface area contributed by atoms with Gasteiger partial charge in [-0.05, 0) is 30.7 Å². The molecule has 1 aromatic rings. The summed E-state index contributed by atoms with van der Waals surface area (Å²) in [5.74, 6) is -0.461. The van der Waals surface area contributed by atoms with Crippen molar-refractivity contribution >= 4 is 34.2 Å². The van der Waals surface area contributed by atoms with Gasteiger partial charge in [-0.1, -0.05) is 17.8 Å². The van der Waals surface area contributed by atoms with Crippen molar-refractivity contribution < 1.29 is 15.0 Å². The lowest BCUT2D eigenvalue weighted by Gasteiger charge is -2.38. The Hall–Kier alpha value is -2.03. The summed E-state index contributed by atoms with van der Waals surface area (Å²) in [5, 5.41) is 24.4. The number of rotatable bonds is 5. The van der Waals surface area contributed by atoms with Crippen molar-refractivity contribution in [2.75, 3.05) is 37.9 Å². The molecule has 1 fully saturated rings. The normalized spacial score (nSPS) is 28.9. The number of aliphatic imine (C=N–C) groups is 1. The lowest BCUT2D eigenvalue weighted by atomic mass is 9.80. The second-order valence-electron chi connectivity index (χ2n) is 7.48. The molecule has 3 N–H and O–H groups in total. The number of hydrogen-bond donors (Lipinski definition) is 3. The van der Waals surface area contributed by atoms with Crippen LogP contribution in [0, 0.1) is 5.92 Å². The number of benzene rings is 1. The highest BCUT2D eigenvalue weighted by Gasteiger charge is 2.50. The maximum absolute atomic E-state index is 12.8. The molecular weight excluding hydrogens is 376 g/mol. The third-order valence-electron chi connectivity index (χ3n) is 5.22. The molecule has 1 aromatic carbocycles. The highest BCUT2D eigenvalue weighted by Crippen LogP contribution is 2.42. The first-order valence-electron chi connectivity index (χ1n) is 9.32. The summed E-state index contributed by atoms with van der Waals surface area (Å²) >= 11 is 1.46. The summed E-state index contributed by atoms with van der Waals surface area (Å²) in [5.41, 5.74) is 1.98. The lowest BCUT2D eigenvalue weighted by molar-refractivity contribution is -0.138. The number of nitrogens with zero attached hydrogens (tertiary/aromatic N) is 3. The first kappa shape index (κ1) is 20.7. The van der Waals surface area contributed by atoms with Crippen molar-refractivity contribution in [1.29, 1.82) is 0 Å². The zero-order chi connectivity index (χ0) is 20.4. The number of fused-ring (bicyclic) bond motifs is 1. The molecule has 1 aliphatic carbocycles. The van der Waals surface area contributed by atoms with Crippen LogP contribution in [0.3, 0.4) is 0 Å². The van der Waals surface area contributed by atoms with Crippen LogP contribution in [0.15, 0.2) is 41.9 Å². The van der Waals surface area contributed by atoms with Crippen LogP contribution in [-0.4, -0.2) is 77.4 Å². The van der Waals surface area contributed by atoms with Gasteiger partial charge in [-0.3, -0.25) is 9.79 Å². The summed E-state index contributed by atoms with van der Waals surface area (Å²) in [6.07, 6.45) is -0.0284. The molecule has 0 spiro atoms. The Bertz CT molecular complexity index is 752. The molecule has 8 heteroatoms. The van der Waals surface area contributed by atoms with Crippen LogP contribution in [0.25, 0.3) is 0 Å². The second-order valence-corrected chi connectivity index (χ2v) is 8.65. The smallest absolute Gasteiger partial charge is 0.227 e. The van der Waals surface area contributed by atoms with E-state index in [-0.39, 0.29) is 17.6 Å². The van der Waals surface area contributed by atoms with Gasteiger partial charge in [0, 0.05) is 44.3 Å². The number of aliphatic hydroxyl groups excluding tert-OH is 2. The van der Waals surface area contributed by atoms with Crippen LogP contribution in [0.4, 0.5) is 11.4 Å². The molecule has 0 unspecified atom stereocenters. The minimum Gasteiger partial charge on any atom is -0.390 e. The van der Waals surface area contributed by atoms with Crippen molar-refractivity contribution in [1.82, 2.24) is 4.90 Å². The quantitative estimate of drug-likeness (QED) is 0.643. The van der Waals surface area contributed by atoms with Gasteiger partial charge in [-0.25, -0.2) is 0 Å². The maximum atomic E-state index is 12.8. The lowest BCUT2D eigenvalue weighted by Crippen LogP contribution is -2.54. The third-order valence-corrected chi connectivity index (χ3v) is 6.53. The van der Waals surface area contributed by atoms with Gasteiger partial charge in [-0.2, -0.15) is 0 Å². The van der Waals surface area contributed by atoms with E-state index >= 15 is 0 Å². The molecule has 1 saturated carbocycles. The Kier molecular flexibility index (Phi) is 6.32. The van der Waals surface area contributed by atoms with Crippen molar-refractivity contribution in [2.24, 2.45) is 10.9 Å². The SMILES string of the molecule is C=CCN(C)C(=O)[C@H]1C[C@@H](O)[C@H](O)[C@H]2N=C(Nc3ccc(N(C)C)cc3)S[C@@H]21. The number of amidine groups is 1. The fourth-order valence-electron chi connectivity index (χ4n) is 3.63. The monoisotopic (exact) mass is 404 g/mol. The predicted octanol–water partition coefficient (Wildman–Crippen LogP) is 1.39. The Morgan fingerprint density at radius 2 is 2.00 bits per heavy atom. The van der Waals surface area contributed by atoms with Gasteiger partial charge >= 0.3 is 0 Å². The van der Waals surface area contributed by atoms with Gasteiger partial charge in [0.15, 0.2) is 5.17 Å². The van der Waals surface area contributed by atoms with E-state index in [1.165, 1.54) is 11.8 Å². The molecular formula is C20H28N4O3S. The molecule has 152 valence electrons. The van der Waals surface area contributed by atoms with E-state index in [4.69, 9.17) is 0 Å². The molecule has 28 heavy (non-hydrogen) atoms. The number of carbonyl (C=O) groups excluding carboxylic acids is 1. The Morgan fingerprint density at radius 1 is 1.32 bits per heavy atom. The highest BCUT2D eigenvalue weighted by atomic mass is 32.2. The van der Waals surface area contributed by atoms with Crippen molar-refractivity contribution in [2.45, 2.75) is 29.9 Å². The van der Waals surface area contributed by atoms with Crippen molar-refractivity contribution in [3.63, 3.8) is 0 Å². The van der Waals surface area contributed by atoms with Gasteiger partial charge in [0.25, 0.3) is 0 Å². The van der Waals surface area contributed by atoms with Crippen LogP contribution < -0.4 is 10.2 Å². The van der Waals surface area contributed by atoms with Crippen LogP contribution in [-0.2, 0) is 4.79 Å². The number of nitrogens with one attached hydrogen (secondary N) is 1. The van der Waals surface area contributed by atoms with Gasteiger partial charge in [-0.15, -0.1) is 6.58 Å². The van der Waals surface area contributed by atoms with Gasteiger partial charge < -0.3 is 25.3 Å². The summed E-state index contributed by atoms with van der Waals surface area (Å²) in [4.78, 5) is 21.1. The Labute approximate surface area is 170 Å². The zero-order valence-electron chi connectivity index (χ0n) is 16.4. The van der Waals surface area contributed by atoms with Gasteiger partial charge in [0.1, 0.15) is 6.10 Å². The van der Waals surface area contributed by atoms with E-state index in [0.717, 1.165) is 11.4 Å². The molecule has 1 aliphatic heterocycles. The molecule has 0 saturated heterocycles. The van der Waals surface area contributed by atoms with Gasteiger partial charge in [0.2, 0.25) is 5.91 Å². The molecule has 2 aliphatic rings. The van der Waals surface area contributed by atoms with Crippen LogP contribution in [0.1, 0.15) is 6.42 Å². The standard InChI is InChI=1S/C20H28N4O3S/c1-5-10-24(4)19(27)14-11-15(25)17(26)16-18(14)28-20(22-16)21-12-6-8-13(9-7-12)23(2)3/h5-9,14-18,25-26H,1,10-11H2,2-4H3,(H,21,22)/t14-,15+,16+,17-,18+/m0/s1. The summed E-state index contributed by atoms with van der Waals surface area (Å²) in [6.45, 7) is 4.12. The fourth-order valence-corrected chi connectivity index (χ4v) is 5.00. The Balaban J connectivity index is 1.75. The van der Waals surface area contributed by atoms with Crippen molar-refractivity contribution in [3.8, 4) is 0 Å². The molecule has 5 atom stereocenters. The molecule has 0 radical (unpaired) electrons. The van der Waals surface area contributed by atoms with E-state index in [1.54, 1.807) is 18.0 Å². The predicted molar refractivity (Wildman–Crippen MR) is 115 cm³/mol. The molecule has 1 amide bonds. The maximum Gasteiger partial charge on any atom is 0.227 e. The van der Waals surface area contributed by atoms with Crippen LogP contribution >= 0.6 is 11.8 Å². The molecule has 0 bridgehead atoms. The van der Waals surface area contributed by atoms with E-state index in [9.17, 15) is 15.0 Å². The summed E-state index contributed by atoms with van der Waals surface area (Å²) < 4.78 is 0. The summed E-state index contributed by atoms with van der Waals surface area (Å²) in [7, 11) is 5.69. The first-order chi connectivity index (χ1) is 13.3. The molecule has 1 heterocycles. The minimum absolute atomic E-state index is 0.0554. The van der Waals surface area contributed by atoms with E-state index in [0.29, 0.717) is 11.7 Å². The summed E-state index contributed by atoms with van der Waals surface area (Å²) in [6, 6.07) is 7.43. The van der Waals surface area contributed by atoms with Crippen molar-refractivity contribution in [3.05, 3.63) is 36.9 Å². The molecule has 3 rings (SSSR count). The number of thioether (sulfide) groups is 1. The fraction of sp³-hybridized carbons (Fsp3) is 0.500. The Morgan fingerprint density at radius 3 is 2.61 bits per heavy atom. The average molecular weight is 405 g/mol. The second kappa shape index (κ2) is 8.55. The largest absolute Gasteiger partial charge is 0.390 e. The van der Waals surface area contributed by atoms with E-state index in [1.807, 2.05) is 43.3 Å². The highest BCUT2D eigenvalue weighted by molar-refractivity contribution is 8.15. The first-order valence-corrected chi connectivity index (χ1v) is 10.2. The molecule has 0 aromatic heterocycles. The number of likely N-dealkylation sites (N-methyl/N-ethyl adjacent to an activating group) is 1. The topological polar surface area (TPSA) is 88.4 Å². The van der Waals surface area contributed by atoms with E-state index in [2.05, 4.69) is 16.9 Å². The average Bonchev–Trinajstić information content (AvgIpc) is 3.08. The third kappa shape index (κ3) is 4.19. The number of hydrogen-bond acceptors (Lipinski definition) is 7. The number of carbonyl (C=O) groups is 1. The van der Waals surface area contributed by atoms with Gasteiger partial charge in [0.05, 0.1) is 18.1 Å². The minimum atomic E-state index is -0.971. The molecule has 7 nitrogen and oxygen atoms in total. The van der Waals surface area contributed by atoms with Crippen LogP contribution in [0.2, 0.25) is 0 Å². The number of anilines is 2.